The second-order valence-corrected chi connectivity index (χ2v) is 12.4. The van der Waals surface area contributed by atoms with E-state index in [-0.39, 0.29) is 28.7 Å². The average molecular weight is 625 g/mol. The van der Waals surface area contributed by atoms with Crippen molar-refractivity contribution in [3.63, 3.8) is 0 Å². The summed E-state index contributed by atoms with van der Waals surface area (Å²) in [6, 6.07) is 16.4. The maximum absolute atomic E-state index is 14.2. The third-order valence-corrected chi connectivity index (χ3v) is 9.06. The molecule has 0 aliphatic carbocycles. The van der Waals surface area contributed by atoms with E-state index < -0.39 is 33.4 Å². The number of carbonyl (C=O) groups is 2. The van der Waals surface area contributed by atoms with Crippen molar-refractivity contribution in [3.05, 3.63) is 93.5 Å². The van der Waals surface area contributed by atoms with Gasteiger partial charge in [-0.3, -0.25) is 24.0 Å². The van der Waals surface area contributed by atoms with Gasteiger partial charge in [-0.2, -0.15) is 0 Å². The monoisotopic (exact) mass is 624 g/mol. The average Bonchev–Trinajstić information content (AvgIpc) is 3.00. The van der Waals surface area contributed by atoms with Crippen LogP contribution in [0.2, 0.25) is 0 Å². The van der Waals surface area contributed by atoms with Crippen molar-refractivity contribution in [3.8, 4) is 5.75 Å². The molecule has 0 aliphatic rings. The SMILES string of the molecule is CCCCNC(=O)[C@H](CC)N(Cc1ccc(C)cc1)C(=O)CN(c1ccc(OC)cc1)S(=O)(=O)c1ccc(C)c([N+](=O)[O-])c1. The van der Waals surface area contributed by atoms with Crippen molar-refractivity contribution in [2.45, 2.75) is 64.4 Å². The third-order valence-electron chi connectivity index (χ3n) is 7.29. The molecule has 0 unspecified atom stereocenters. The van der Waals surface area contributed by atoms with E-state index in [4.69, 9.17) is 4.74 Å². The van der Waals surface area contributed by atoms with Gasteiger partial charge in [0.25, 0.3) is 15.7 Å². The van der Waals surface area contributed by atoms with Crippen molar-refractivity contribution in [2.24, 2.45) is 0 Å². The maximum atomic E-state index is 14.2. The summed E-state index contributed by atoms with van der Waals surface area (Å²) in [5.74, 6) is -0.460. The van der Waals surface area contributed by atoms with Crippen LogP contribution >= 0.6 is 0 Å². The predicted molar refractivity (Wildman–Crippen MR) is 169 cm³/mol. The van der Waals surface area contributed by atoms with Crippen LogP contribution in [0.4, 0.5) is 11.4 Å². The van der Waals surface area contributed by atoms with Crippen LogP contribution in [0.1, 0.15) is 49.8 Å². The molecule has 0 radical (unpaired) electrons. The Kier molecular flexibility index (Phi) is 11.9. The lowest BCUT2D eigenvalue weighted by atomic mass is 10.1. The molecule has 236 valence electrons. The fourth-order valence-electron chi connectivity index (χ4n) is 4.67. The van der Waals surface area contributed by atoms with Crippen molar-refractivity contribution >= 4 is 33.2 Å². The summed E-state index contributed by atoms with van der Waals surface area (Å²) in [7, 11) is -3.01. The van der Waals surface area contributed by atoms with Crippen LogP contribution in [0.15, 0.2) is 71.6 Å². The zero-order chi connectivity index (χ0) is 32.4. The number of anilines is 1. The van der Waals surface area contributed by atoms with Gasteiger partial charge in [0.1, 0.15) is 18.3 Å². The van der Waals surface area contributed by atoms with E-state index in [0.717, 1.165) is 34.3 Å². The van der Waals surface area contributed by atoms with E-state index in [1.807, 2.05) is 38.1 Å². The number of nitrogens with one attached hydrogen (secondary N) is 1. The van der Waals surface area contributed by atoms with Gasteiger partial charge in [0.2, 0.25) is 11.8 Å². The molecule has 3 aromatic carbocycles. The number of nitrogens with zero attached hydrogens (tertiary/aromatic N) is 3. The summed E-state index contributed by atoms with van der Waals surface area (Å²) in [5.41, 5.74) is 1.89. The topological polar surface area (TPSA) is 139 Å². The number of hydrogen-bond acceptors (Lipinski definition) is 7. The van der Waals surface area contributed by atoms with Crippen molar-refractivity contribution in [2.75, 3.05) is 24.5 Å². The second kappa shape index (κ2) is 15.3. The Labute approximate surface area is 259 Å². The number of sulfonamides is 1. The Morgan fingerprint density at radius 1 is 1.00 bits per heavy atom. The molecule has 0 saturated carbocycles. The number of rotatable bonds is 15. The Balaban J connectivity index is 2.09. The first-order chi connectivity index (χ1) is 20.9. The number of methoxy groups -OCH3 is 1. The normalized spacial score (nSPS) is 11.8. The fourth-order valence-corrected chi connectivity index (χ4v) is 6.10. The highest BCUT2D eigenvalue weighted by Gasteiger charge is 2.34. The van der Waals surface area contributed by atoms with Crippen molar-refractivity contribution in [1.82, 2.24) is 10.2 Å². The number of unbranched alkanes of at least 4 members (excludes halogenated alkanes) is 1. The number of benzene rings is 3. The molecule has 0 heterocycles. The van der Waals surface area contributed by atoms with Crippen LogP contribution in [-0.2, 0) is 26.2 Å². The van der Waals surface area contributed by atoms with E-state index in [1.165, 1.54) is 43.2 Å². The van der Waals surface area contributed by atoms with Crippen molar-refractivity contribution in [1.29, 1.82) is 0 Å². The first-order valence-electron chi connectivity index (χ1n) is 14.5. The number of nitro benzene ring substituents is 1. The molecule has 3 aromatic rings. The minimum absolute atomic E-state index is 0.0747. The quantitative estimate of drug-likeness (QED) is 0.140. The highest BCUT2D eigenvalue weighted by atomic mass is 32.2. The summed E-state index contributed by atoms with van der Waals surface area (Å²) in [6.07, 6.45) is 1.96. The van der Waals surface area contributed by atoms with Gasteiger partial charge in [0, 0.05) is 24.7 Å². The van der Waals surface area contributed by atoms with Crippen LogP contribution in [0.5, 0.6) is 5.75 Å². The molecule has 0 aromatic heterocycles. The molecule has 0 saturated heterocycles. The highest BCUT2D eigenvalue weighted by Crippen LogP contribution is 2.29. The Bertz CT molecular complexity index is 1560. The van der Waals surface area contributed by atoms with E-state index in [9.17, 15) is 28.1 Å². The van der Waals surface area contributed by atoms with Crippen molar-refractivity contribution < 1.29 is 27.7 Å². The number of carbonyl (C=O) groups excluding carboxylic acids is 2. The molecule has 1 N–H and O–H groups in total. The Hall–Kier alpha value is -4.45. The molecule has 0 fully saturated rings. The number of amides is 2. The molecule has 0 bridgehead atoms. The Morgan fingerprint density at radius 2 is 1.66 bits per heavy atom. The van der Waals surface area contributed by atoms with Gasteiger partial charge in [-0.05, 0) is 62.6 Å². The summed E-state index contributed by atoms with van der Waals surface area (Å²) >= 11 is 0. The van der Waals surface area contributed by atoms with Gasteiger partial charge in [0.05, 0.1) is 22.6 Å². The van der Waals surface area contributed by atoms with Crippen LogP contribution < -0.4 is 14.4 Å². The molecule has 2 amide bonds. The first-order valence-corrected chi connectivity index (χ1v) is 15.9. The maximum Gasteiger partial charge on any atom is 0.273 e. The van der Waals surface area contributed by atoms with E-state index in [0.29, 0.717) is 24.3 Å². The lowest BCUT2D eigenvalue weighted by Gasteiger charge is -2.33. The number of ether oxygens (including phenoxy) is 1. The van der Waals surface area contributed by atoms with Gasteiger partial charge in [-0.15, -0.1) is 0 Å². The molecule has 44 heavy (non-hydrogen) atoms. The zero-order valence-electron chi connectivity index (χ0n) is 25.8. The van der Waals surface area contributed by atoms with Crippen LogP contribution in [0, 0.1) is 24.0 Å². The van der Waals surface area contributed by atoms with Crippen LogP contribution in [0.25, 0.3) is 0 Å². The minimum Gasteiger partial charge on any atom is -0.497 e. The third kappa shape index (κ3) is 8.34. The van der Waals surface area contributed by atoms with E-state index in [2.05, 4.69) is 5.32 Å². The fraction of sp³-hybridized carbons (Fsp3) is 0.375. The summed E-state index contributed by atoms with van der Waals surface area (Å²) in [5, 5.41) is 14.5. The minimum atomic E-state index is -4.48. The molecule has 12 heteroatoms. The number of nitro groups is 1. The Morgan fingerprint density at radius 3 is 2.23 bits per heavy atom. The van der Waals surface area contributed by atoms with E-state index >= 15 is 0 Å². The first kappa shape index (κ1) is 34.0. The molecule has 1 atom stereocenters. The van der Waals surface area contributed by atoms with Gasteiger partial charge >= 0.3 is 0 Å². The molecular weight excluding hydrogens is 584 g/mol. The standard InChI is InChI=1S/C32H40N4O7S/c1-6-8-19-33-32(38)29(7-2)34(21-25-12-9-23(3)10-13-25)31(37)22-35(26-14-16-27(43-5)17-15-26)44(41,42)28-18-11-24(4)30(20-28)36(39)40/h9-18,20,29H,6-8,19,21-22H2,1-5H3,(H,33,38)/t29-/m0/s1. The molecule has 0 aliphatic heterocycles. The second-order valence-electron chi connectivity index (χ2n) is 10.5. The van der Waals surface area contributed by atoms with Gasteiger partial charge in [0.15, 0.2) is 0 Å². The van der Waals surface area contributed by atoms with Gasteiger partial charge in [-0.1, -0.05) is 56.2 Å². The van der Waals surface area contributed by atoms with Crippen LogP contribution in [-0.4, -0.2) is 56.3 Å². The molecule has 0 spiro atoms. The smallest absolute Gasteiger partial charge is 0.273 e. The van der Waals surface area contributed by atoms with Gasteiger partial charge < -0.3 is 15.0 Å². The summed E-state index contributed by atoms with van der Waals surface area (Å²) in [4.78, 5) is 39.5. The number of aryl methyl sites for hydroxylation is 2. The molecular formula is C32H40N4O7S. The van der Waals surface area contributed by atoms with Gasteiger partial charge in [-0.25, -0.2) is 8.42 Å². The summed E-state index contributed by atoms with van der Waals surface area (Å²) in [6.45, 7) is 7.13. The lowest BCUT2D eigenvalue weighted by molar-refractivity contribution is -0.385. The van der Waals surface area contributed by atoms with E-state index in [1.54, 1.807) is 19.1 Å². The van der Waals surface area contributed by atoms with Crippen LogP contribution in [0.3, 0.4) is 0 Å². The largest absolute Gasteiger partial charge is 0.497 e. The molecule has 11 nitrogen and oxygen atoms in total. The number of hydrogen-bond donors (Lipinski definition) is 1. The lowest BCUT2D eigenvalue weighted by Crippen LogP contribution is -2.52. The molecule has 3 rings (SSSR count). The highest BCUT2D eigenvalue weighted by molar-refractivity contribution is 7.92. The zero-order valence-corrected chi connectivity index (χ0v) is 26.6. The predicted octanol–water partition coefficient (Wildman–Crippen LogP) is 5.14. The summed E-state index contributed by atoms with van der Waals surface area (Å²) < 4.78 is 34.3.